The Morgan fingerprint density at radius 2 is 2.00 bits per heavy atom. The van der Waals surface area contributed by atoms with Gasteiger partial charge in [0.05, 0.1) is 17.1 Å². The fraction of sp³-hybridized carbons (Fsp3) is 0.167. The van der Waals surface area contributed by atoms with E-state index in [1.54, 1.807) is 18.2 Å². The number of benzene rings is 2. The molecule has 1 aliphatic rings. The van der Waals surface area contributed by atoms with E-state index in [1.165, 1.54) is 21.4 Å². The average Bonchev–Trinajstić information content (AvgIpc) is 3.11. The van der Waals surface area contributed by atoms with Crippen LogP contribution in [0, 0.1) is 11.6 Å². The Kier molecular flexibility index (Phi) is 5.62. The van der Waals surface area contributed by atoms with Crippen LogP contribution in [0.5, 0.6) is 5.75 Å². The van der Waals surface area contributed by atoms with Gasteiger partial charge in [0.2, 0.25) is 5.16 Å². The Morgan fingerprint density at radius 3 is 2.79 bits per heavy atom. The first kappa shape index (κ1) is 19.9. The second-order valence-electron chi connectivity index (χ2n) is 5.97. The summed E-state index contributed by atoms with van der Waals surface area (Å²) in [6, 6.07) is 7.60. The maximum atomic E-state index is 14.1. The molecule has 0 unspecified atom stereocenters. The third-order valence-electron chi connectivity index (χ3n) is 4.10. The topological polar surface area (TPSA) is 60.3 Å². The van der Waals surface area contributed by atoms with Crippen LogP contribution in [0.25, 0.3) is 0 Å². The van der Waals surface area contributed by atoms with Gasteiger partial charge in [0, 0.05) is 22.9 Å². The number of hydrogen-bond acceptors (Lipinski definition) is 5. The third-order valence-corrected chi connectivity index (χ3v) is 5.55. The normalized spacial score (nSPS) is 13.3. The number of hydrogen-bond donors (Lipinski definition) is 0. The fourth-order valence-corrected chi connectivity index (χ4v) is 3.97. The van der Waals surface area contributed by atoms with Gasteiger partial charge in [0.15, 0.2) is 5.82 Å². The Hall–Kier alpha value is -2.36. The minimum atomic E-state index is -0.939. The van der Waals surface area contributed by atoms with Gasteiger partial charge in [-0.25, -0.2) is 18.5 Å². The molecule has 150 valence electrons. The van der Waals surface area contributed by atoms with Gasteiger partial charge in [0.1, 0.15) is 24.0 Å². The zero-order valence-corrected chi connectivity index (χ0v) is 16.9. The van der Waals surface area contributed by atoms with Crippen molar-refractivity contribution in [1.82, 2.24) is 14.9 Å². The maximum absolute atomic E-state index is 14.1. The average molecular weight is 457 g/mol. The molecule has 0 fully saturated rings. The lowest BCUT2D eigenvalue weighted by molar-refractivity contribution is 0.0948. The number of carbonyl (C=O) groups is 1. The van der Waals surface area contributed by atoms with Crippen LogP contribution >= 0.6 is 35.0 Å². The predicted octanol–water partition coefficient (Wildman–Crippen LogP) is 4.33. The minimum absolute atomic E-state index is 0.0523. The maximum Gasteiger partial charge on any atom is 0.275 e. The molecule has 0 atom stereocenters. The molecule has 0 radical (unpaired) electrons. The second kappa shape index (κ2) is 8.17. The zero-order chi connectivity index (χ0) is 20.5. The van der Waals surface area contributed by atoms with Crippen LogP contribution in [0.3, 0.4) is 0 Å². The number of carbonyl (C=O) groups excluding carboxylic acids is 1. The summed E-state index contributed by atoms with van der Waals surface area (Å²) in [5.74, 6) is -1.11. The molecular weight excluding hydrogens is 445 g/mol. The highest BCUT2D eigenvalue weighted by Gasteiger charge is 2.30. The Morgan fingerprint density at radius 1 is 1.17 bits per heavy atom. The number of aromatic nitrogens is 3. The number of ether oxygens (including phenoxy) is 1. The van der Waals surface area contributed by atoms with Crippen LogP contribution in [0.15, 0.2) is 41.6 Å². The fourth-order valence-electron chi connectivity index (χ4n) is 2.77. The molecule has 11 heteroatoms. The van der Waals surface area contributed by atoms with Gasteiger partial charge in [-0.1, -0.05) is 35.0 Å². The minimum Gasteiger partial charge on any atom is -0.484 e. The van der Waals surface area contributed by atoms with Gasteiger partial charge in [-0.05, 0) is 24.3 Å². The summed E-state index contributed by atoms with van der Waals surface area (Å²) in [7, 11) is 0. The first-order chi connectivity index (χ1) is 13.9. The molecule has 0 aliphatic carbocycles. The third kappa shape index (κ3) is 4.03. The van der Waals surface area contributed by atoms with Crippen LogP contribution in [0.4, 0.5) is 8.78 Å². The SMILES string of the molecule is O=C(c1ccc(F)cc1F)N1CCSc2nnc(COc3cc(Cl)ccc3Cl)n21. The second-order valence-corrected chi connectivity index (χ2v) is 7.88. The molecule has 0 saturated heterocycles. The molecule has 1 aromatic heterocycles. The summed E-state index contributed by atoms with van der Waals surface area (Å²) in [6.07, 6.45) is 0. The molecule has 0 N–H and O–H groups in total. The van der Waals surface area contributed by atoms with Gasteiger partial charge in [-0.15, -0.1) is 10.2 Å². The summed E-state index contributed by atoms with van der Waals surface area (Å²) in [5.41, 5.74) is -0.247. The van der Waals surface area contributed by atoms with E-state index in [1.807, 2.05) is 0 Å². The molecule has 3 aromatic rings. The summed E-state index contributed by atoms with van der Waals surface area (Å²) < 4.78 is 34.5. The number of thioether (sulfide) groups is 1. The highest BCUT2D eigenvalue weighted by molar-refractivity contribution is 7.99. The molecule has 6 nitrogen and oxygen atoms in total. The smallest absolute Gasteiger partial charge is 0.275 e. The Bertz CT molecular complexity index is 1100. The van der Waals surface area contributed by atoms with E-state index in [0.717, 1.165) is 12.1 Å². The lowest BCUT2D eigenvalue weighted by atomic mass is 10.2. The monoisotopic (exact) mass is 456 g/mol. The molecular formula is C18H12Cl2F2N4O2S. The molecule has 2 aromatic carbocycles. The molecule has 1 aliphatic heterocycles. The largest absolute Gasteiger partial charge is 0.484 e. The molecule has 1 amide bonds. The molecule has 29 heavy (non-hydrogen) atoms. The number of fused-ring (bicyclic) bond motifs is 1. The van der Waals surface area contributed by atoms with Crippen molar-refractivity contribution in [3.05, 3.63) is 69.5 Å². The first-order valence-electron chi connectivity index (χ1n) is 8.36. The summed E-state index contributed by atoms with van der Waals surface area (Å²) in [4.78, 5) is 12.9. The van der Waals surface area contributed by atoms with E-state index in [-0.39, 0.29) is 18.7 Å². The number of nitrogens with zero attached hydrogens (tertiary/aromatic N) is 4. The highest BCUT2D eigenvalue weighted by Crippen LogP contribution is 2.29. The van der Waals surface area contributed by atoms with E-state index < -0.39 is 17.5 Å². The van der Waals surface area contributed by atoms with Crippen molar-refractivity contribution in [2.75, 3.05) is 17.3 Å². The van der Waals surface area contributed by atoms with Crippen molar-refractivity contribution in [3.8, 4) is 5.75 Å². The van der Waals surface area contributed by atoms with Crippen molar-refractivity contribution in [3.63, 3.8) is 0 Å². The zero-order valence-electron chi connectivity index (χ0n) is 14.6. The lowest BCUT2D eigenvalue weighted by Gasteiger charge is -2.29. The summed E-state index contributed by atoms with van der Waals surface area (Å²) in [5, 5.41) is 10.7. The molecule has 0 saturated carbocycles. The van der Waals surface area contributed by atoms with Crippen LogP contribution in [0.2, 0.25) is 10.0 Å². The molecule has 2 heterocycles. The van der Waals surface area contributed by atoms with Crippen LogP contribution in [0.1, 0.15) is 16.2 Å². The van der Waals surface area contributed by atoms with Crippen LogP contribution < -0.4 is 9.75 Å². The van der Waals surface area contributed by atoms with Crippen LogP contribution in [-0.2, 0) is 6.61 Å². The molecule has 0 spiro atoms. The first-order valence-corrected chi connectivity index (χ1v) is 10.1. The van der Waals surface area contributed by atoms with E-state index in [4.69, 9.17) is 27.9 Å². The summed E-state index contributed by atoms with van der Waals surface area (Å²) >= 11 is 13.5. The van der Waals surface area contributed by atoms with Crippen LogP contribution in [-0.4, -0.2) is 33.1 Å². The van der Waals surface area contributed by atoms with Crippen molar-refractivity contribution >= 4 is 40.9 Å². The number of amides is 1. The lowest BCUT2D eigenvalue weighted by Crippen LogP contribution is -2.46. The van der Waals surface area contributed by atoms with Gasteiger partial charge in [-0.2, -0.15) is 0 Å². The van der Waals surface area contributed by atoms with E-state index in [2.05, 4.69) is 10.2 Å². The number of rotatable bonds is 4. The van der Waals surface area contributed by atoms with Gasteiger partial charge < -0.3 is 4.74 Å². The Balaban J connectivity index is 1.62. The van der Waals surface area contributed by atoms with Crippen molar-refractivity contribution < 1.29 is 18.3 Å². The molecule has 0 bridgehead atoms. The molecule has 4 rings (SSSR count). The predicted molar refractivity (Wildman–Crippen MR) is 105 cm³/mol. The van der Waals surface area contributed by atoms with Crippen molar-refractivity contribution in [1.29, 1.82) is 0 Å². The van der Waals surface area contributed by atoms with Crippen molar-refractivity contribution in [2.45, 2.75) is 11.8 Å². The standard InChI is InChI=1S/C18H12Cl2F2N4O2S/c19-10-1-4-13(20)15(7-10)28-9-16-23-24-18-26(16)25(5-6-29-18)17(27)12-3-2-11(21)8-14(12)22/h1-4,7-8H,5-6,9H2. The number of halogens is 4. The summed E-state index contributed by atoms with van der Waals surface area (Å²) in [6.45, 7) is 0.236. The quantitative estimate of drug-likeness (QED) is 0.584. The Labute approximate surface area is 178 Å². The van der Waals surface area contributed by atoms with Crippen molar-refractivity contribution in [2.24, 2.45) is 0 Å². The van der Waals surface area contributed by atoms with Gasteiger partial charge >= 0.3 is 0 Å². The van der Waals surface area contributed by atoms with E-state index >= 15 is 0 Å². The highest BCUT2D eigenvalue weighted by atomic mass is 35.5. The van der Waals surface area contributed by atoms with Gasteiger partial charge in [-0.3, -0.25) is 4.79 Å². The van der Waals surface area contributed by atoms with E-state index in [0.29, 0.717) is 38.6 Å². The van der Waals surface area contributed by atoms with E-state index in [9.17, 15) is 13.6 Å². The van der Waals surface area contributed by atoms with Gasteiger partial charge in [0.25, 0.3) is 5.91 Å².